The van der Waals surface area contributed by atoms with Gasteiger partial charge in [-0.05, 0) is 6.07 Å². The van der Waals surface area contributed by atoms with Gasteiger partial charge in [0.1, 0.15) is 0 Å². The van der Waals surface area contributed by atoms with Gasteiger partial charge in [-0.2, -0.15) is 0 Å². The monoisotopic (exact) mass is 160 g/mol. The lowest BCUT2D eigenvalue weighted by atomic mass is 10.2. The minimum absolute atomic E-state index is 0.121. The van der Waals surface area contributed by atoms with Gasteiger partial charge < -0.3 is 10.2 Å². The molecule has 0 aliphatic carbocycles. The van der Waals surface area contributed by atoms with Crippen LogP contribution in [0.2, 0.25) is 0 Å². The summed E-state index contributed by atoms with van der Waals surface area (Å²) in [5, 5.41) is 17.1. The standard InChI is InChI=1S/C7H6F2O2/c8-5-2-1-4(3-10)6(9)7(5)11/h1-2,10-11H,3H2. The Morgan fingerprint density at radius 1 is 1.27 bits per heavy atom. The second-order valence-electron chi connectivity index (χ2n) is 2.03. The zero-order valence-electron chi connectivity index (χ0n) is 5.51. The maximum atomic E-state index is 12.6. The molecule has 0 unspecified atom stereocenters. The van der Waals surface area contributed by atoms with Crippen LogP contribution >= 0.6 is 0 Å². The van der Waals surface area contributed by atoms with Crippen LogP contribution in [0.25, 0.3) is 0 Å². The minimum atomic E-state index is -1.10. The Labute approximate surface area is 61.7 Å². The Bertz CT molecular complexity index is 273. The van der Waals surface area contributed by atoms with Crippen LogP contribution in [0, 0.1) is 11.6 Å². The normalized spacial score (nSPS) is 10.1. The number of hydrogen-bond donors (Lipinski definition) is 2. The number of benzene rings is 1. The average molecular weight is 160 g/mol. The molecule has 0 atom stereocenters. The van der Waals surface area contributed by atoms with Gasteiger partial charge in [0, 0.05) is 5.56 Å². The number of hydrogen-bond acceptors (Lipinski definition) is 2. The molecule has 2 nitrogen and oxygen atoms in total. The third-order valence-electron chi connectivity index (χ3n) is 1.32. The van der Waals surface area contributed by atoms with E-state index in [2.05, 4.69) is 0 Å². The van der Waals surface area contributed by atoms with Crippen molar-refractivity contribution in [2.75, 3.05) is 0 Å². The summed E-state index contributed by atoms with van der Waals surface area (Å²) in [5.41, 5.74) is -0.121. The van der Waals surface area contributed by atoms with E-state index in [1.807, 2.05) is 0 Å². The molecule has 1 aromatic rings. The van der Waals surface area contributed by atoms with E-state index in [-0.39, 0.29) is 5.56 Å². The number of phenolic OH excluding ortho intramolecular Hbond substituents is 1. The molecule has 0 saturated carbocycles. The van der Waals surface area contributed by atoms with Crippen molar-refractivity contribution in [2.45, 2.75) is 6.61 Å². The fraction of sp³-hybridized carbons (Fsp3) is 0.143. The smallest absolute Gasteiger partial charge is 0.188 e. The zero-order chi connectivity index (χ0) is 8.43. The first-order valence-corrected chi connectivity index (χ1v) is 2.93. The predicted octanol–water partition coefficient (Wildman–Crippen LogP) is 1.16. The summed E-state index contributed by atoms with van der Waals surface area (Å²) < 4.78 is 24.9. The van der Waals surface area contributed by atoms with Crippen LogP contribution in [0.5, 0.6) is 5.75 Å². The van der Waals surface area contributed by atoms with E-state index in [0.717, 1.165) is 12.1 Å². The minimum Gasteiger partial charge on any atom is -0.503 e. The van der Waals surface area contributed by atoms with Crippen molar-refractivity contribution in [3.8, 4) is 5.75 Å². The zero-order valence-corrected chi connectivity index (χ0v) is 5.51. The lowest BCUT2D eigenvalue weighted by Gasteiger charge is -2.00. The number of phenols is 1. The van der Waals surface area contributed by atoms with E-state index >= 15 is 0 Å². The molecule has 11 heavy (non-hydrogen) atoms. The molecule has 0 radical (unpaired) electrons. The van der Waals surface area contributed by atoms with E-state index in [0.29, 0.717) is 0 Å². The topological polar surface area (TPSA) is 40.5 Å². The highest BCUT2D eigenvalue weighted by atomic mass is 19.1. The Morgan fingerprint density at radius 2 is 1.91 bits per heavy atom. The van der Waals surface area contributed by atoms with E-state index in [9.17, 15) is 8.78 Å². The van der Waals surface area contributed by atoms with E-state index in [1.165, 1.54) is 0 Å². The summed E-state index contributed by atoms with van der Waals surface area (Å²) in [5.74, 6) is -3.18. The van der Waals surface area contributed by atoms with E-state index < -0.39 is 24.0 Å². The van der Waals surface area contributed by atoms with Crippen molar-refractivity contribution in [2.24, 2.45) is 0 Å². The molecule has 1 aromatic carbocycles. The van der Waals surface area contributed by atoms with Gasteiger partial charge >= 0.3 is 0 Å². The molecule has 0 spiro atoms. The third kappa shape index (κ3) is 1.30. The SMILES string of the molecule is OCc1ccc(F)c(O)c1F. The van der Waals surface area contributed by atoms with Crippen molar-refractivity contribution in [1.29, 1.82) is 0 Å². The second-order valence-corrected chi connectivity index (χ2v) is 2.03. The molecule has 0 amide bonds. The first-order valence-electron chi connectivity index (χ1n) is 2.93. The largest absolute Gasteiger partial charge is 0.503 e. The maximum Gasteiger partial charge on any atom is 0.188 e. The fourth-order valence-electron chi connectivity index (χ4n) is 0.705. The number of rotatable bonds is 1. The van der Waals surface area contributed by atoms with E-state index in [4.69, 9.17) is 10.2 Å². The summed E-state index contributed by atoms with van der Waals surface area (Å²) in [6.45, 7) is -0.556. The molecule has 4 heteroatoms. The Kier molecular flexibility index (Phi) is 2.05. The molecule has 0 aromatic heterocycles. The van der Waals surface area contributed by atoms with Crippen molar-refractivity contribution in [1.82, 2.24) is 0 Å². The predicted molar refractivity (Wildman–Crippen MR) is 33.9 cm³/mol. The highest BCUT2D eigenvalue weighted by Gasteiger charge is 2.10. The summed E-state index contributed by atoms with van der Waals surface area (Å²) in [6, 6.07) is 1.97. The van der Waals surface area contributed by atoms with Crippen LogP contribution in [0.1, 0.15) is 5.56 Å². The first-order chi connectivity index (χ1) is 5.16. The van der Waals surface area contributed by atoms with Gasteiger partial charge in [0.25, 0.3) is 0 Å². The molecule has 0 aliphatic heterocycles. The van der Waals surface area contributed by atoms with Gasteiger partial charge in [-0.15, -0.1) is 0 Å². The maximum absolute atomic E-state index is 12.6. The number of aliphatic hydroxyl groups is 1. The van der Waals surface area contributed by atoms with Gasteiger partial charge in [0.15, 0.2) is 17.4 Å². The van der Waals surface area contributed by atoms with Crippen LogP contribution in [-0.4, -0.2) is 10.2 Å². The van der Waals surface area contributed by atoms with Gasteiger partial charge in [-0.1, -0.05) is 6.07 Å². The summed E-state index contributed by atoms with van der Waals surface area (Å²) in [6.07, 6.45) is 0. The molecule has 0 bridgehead atoms. The number of halogens is 2. The lowest BCUT2D eigenvalue weighted by Crippen LogP contribution is -1.91. The van der Waals surface area contributed by atoms with Crippen molar-refractivity contribution in [3.05, 3.63) is 29.3 Å². The molecule has 0 heterocycles. The average Bonchev–Trinajstić information content (AvgIpc) is 2.01. The van der Waals surface area contributed by atoms with Crippen molar-refractivity contribution >= 4 is 0 Å². The third-order valence-corrected chi connectivity index (χ3v) is 1.32. The summed E-state index contributed by atoms with van der Waals surface area (Å²) >= 11 is 0. The van der Waals surface area contributed by atoms with Gasteiger partial charge in [-0.3, -0.25) is 0 Å². The van der Waals surface area contributed by atoms with Crippen molar-refractivity contribution in [3.63, 3.8) is 0 Å². The number of aliphatic hydroxyl groups excluding tert-OH is 1. The molecule has 1 rings (SSSR count). The van der Waals surface area contributed by atoms with Gasteiger partial charge in [0.2, 0.25) is 0 Å². The van der Waals surface area contributed by atoms with E-state index in [1.54, 1.807) is 0 Å². The van der Waals surface area contributed by atoms with Crippen molar-refractivity contribution < 1.29 is 19.0 Å². The Hall–Kier alpha value is -1.16. The molecule has 2 N–H and O–H groups in total. The molecule has 0 fully saturated rings. The van der Waals surface area contributed by atoms with Gasteiger partial charge in [-0.25, -0.2) is 8.78 Å². The molecule has 60 valence electrons. The Balaban J connectivity index is 3.25. The van der Waals surface area contributed by atoms with Crippen LogP contribution in [0.3, 0.4) is 0 Å². The van der Waals surface area contributed by atoms with Crippen LogP contribution in [0.4, 0.5) is 8.78 Å². The van der Waals surface area contributed by atoms with Crippen LogP contribution in [0.15, 0.2) is 12.1 Å². The molecule has 0 saturated heterocycles. The molecular weight excluding hydrogens is 154 g/mol. The fourth-order valence-corrected chi connectivity index (χ4v) is 0.705. The van der Waals surface area contributed by atoms with Crippen LogP contribution < -0.4 is 0 Å². The highest BCUT2D eigenvalue weighted by Crippen LogP contribution is 2.22. The second kappa shape index (κ2) is 2.84. The quantitative estimate of drug-likeness (QED) is 0.647. The number of aromatic hydroxyl groups is 1. The molecular formula is C7H6F2O2. The summed E-state index contributed by atoms with van der Waals surface area (Å²) in [7, 11) is 0. The first kappa shape index (κ1) is 7.94. The van der Waals surface area contributed by atoms with Gasteiger partial charge in [0.05, 0.1) is 6.61 Å². The highest BCUT2D eigenvalue weighted by molar-refractivity contribution is 5.30. The molecule has 0 aliphatic rings. The Morgan fingerprint density at radius 3 is 2.45 bits per heavy atom. The lowest BCUT2D eigenvalue weighted by molar-refractivity contribution is 0.272. The van der Waals surface area contributed by atoms with Crippen LogP contribution in [-0.2, 0) is 6.61 Å². The summed E-state index contributed by atoms with van der Waals surface area (Å²) in [4.78, 5) is 0.